The Morgan fingerprint density at radius 1 is 1.47 bits per heavy atom. The summed E-state index contributed by atoms with van der Waals surface area (Å²) in [6.07, 6.45) is 1.02. The maximum Gasteiger partial charge on any atom is 0.260 e. The molecule has 4 nitrogen and oxygen atoms in total. The van der Waals surface area contributed by atoms with Gasteiger partial charge in [0, 0.05) is 19.6 Å². The average Bonchev–Trinajstić information content (AvgIpc) is 2.90. The van der Waals surface area contributed by atoms with Crippen molar-refractivity contribution >= 4 is 5.91 Å². The first-order chi connectivity index (χ1) is 9.08. The number of benzene rings is 1. The molecular weight excluding hydrogens is 240 g/mol. The molecule has 1 aromatic rings. The number of rotatable bonds is 4. The Hall–Kier alpha value is -1.55. The van der Waals surface area contributed by atoms with Gasteiger partial charge in [0.05, 0.1) is 0 Å². The summed E-state index contributed by atoms with van der Waals surface area (Å²) in [5.41, 5.74) is 2.27. The van der Waals surface area contributed by atoms with Crippen LogP contribution in [-0.4, -0.2) is 43.6 Å². The van der Waals surface area contributed by atoms with Crippen molar-refractivity contribution in [2.24, 2.45) is 0 Å². The fourth-order valence-electron chi connectivity index (χ4n) is 2.38. The molecule has 1 atom stereocenters. The summed E-state index contributed by atoms with van der Waals surface area (Å²) >= 11 is 0. The van der Waals surface area contributed by atoms with E-state index in [-0.39, 0.29) is 12.5 Å². The average molecular weight is 262 g/mol. The molecular formula is C15H22N2O2. The lowest BCUT2D eigenvalue weighted by molar-refractivity contribution is -0.133. The summed E-state index contributed by atoms with van der Waals surface area (Å²) in [6, 6.07) is 6.28. The molecule has 1 aromatic carbocycles. The van der Waals surface area contributed by atoms with E-state index in [9.17, 15) is 4.79 Å². The number of carbonyl (C=O) groups excluding carboxylic acids is 1. The van der Waals surface area contributed by atoms with Gasteiger partial charge in [-0.05, 0) is 38.4 Å². The van der Waals surface area contributed by atoms with Gasteiger partial charge in [-0.2, -0.15) is 0 Å². The van der Waals surface area contributed by atoms with Crippen LogP contribution in [0.5, 0.6) is 5.75 Å². The number of nitrogens with one attached hydrogen (secondary N) is 1. The van der Waals surface area contributed by atoms with E-state index in [0.717, 1.165) is 30.8 Å². The highest BCUT2D eigenvalue weighted by atomic mass is 16.5. The molecule has 0 aromatic heterocycles. The minimum Gasteiger partial charge on any atom is -0.484 e. The molecule has 1 fully saturated rings. The molecule has 1 saturated heterocycles. The van der Waals surface area contributed by atoms with Crippen molar-refractivity contribution in [3.05, 3.63) is 29.3 Å². The predicted octanol–water partition coefficient (Wildman–Crippen LogP) is 1.50. The van der Waals surface area contributed by atoms with Gasteiger partial charge in [-0.25, -0.2) is 0 Å². The molecule has 4 heteroatoms. The van der Waals surface area contributed by atoms with Crippen molar-refractivity contribution in [1.82, 2.24) is 10.2 Å². The number of carbonyl (C=O) groups is 1. The van der Waals surface area contributed by atoms with E-state index in [1.54, 1.807) is 4.90 Å². The maximum atomic E-state index is 12.1. The number of likely N-dealkylation sites (N-methyl/N-ethyl adjacent to an activating group) is 1. The summed E-state index contributed by atoms with van der Waals surface area (Å²) < 4.78 is 5.62. The van der Waals surface area contributed by atoms with E-state index in [1.165, 1.54) is 5.56 Å². The lowest BCUT2D eigenvalue weighted by atomic mass is 10.1. The van der Waals surface area contributed by atoms with E-state index in [2.05, 4.69) is 11.4 Å². The molecule has 1 N–H and O–H groups in total. The van der Waals surface area contributed by atoms with Gasteiger partial charge in [0.15, 0.2) is 6.61 Å². The molecule has 0 saturated carbocycles. The SMILES string of the molecule is Cc1ccc(OCC(=O)N(C)C2CCNC2)c(C)c1. The van der Waals surface area contributed by atoms with Crippen molar-refractivity contribution in [1.29, 1.82) is 0 Å². The zero-order chi connectivity index (χ0) is 13.8. The maximum absolute atomic E-state index is 12.1. The van der Waals surface area contributed by atoms with Crippen molar-refractivity contribution in [3.63, 3.8) is 0 Å². The Bertz CT molecular complexity index is 453. The van der Waals surface area contributed by atoms with E-state index in [1.807, 2.05) is 33.0 Å². The van der Waals surface area contributed by atoms with E-state index in [0.29, 0.717) is 6.04 Å². The molecule has 104 valence electrons. The topological polar surface area (TPSA) is 41.6 Å². The van der Waals surface area contributed by atoms with Gasteiger partial charge in [0.25, 0.3) is 5.91 Å². The number of ether oxygens (including phenoxy) is 1. The molecule has 1 aliphatic rings. The third-order valence-corrected chi connectivity index (χ3v) is 3.66. The van der Waals surface area contributed by atoms with E-state index < -0.39 is 0 Å². The number of hydrogen-bond donors (Lipinski definition) is 1. The standard InChI is InChI=1S/C15H22N2O2/c1-11-4-5-14(12(2)8-11)19-10-15(18)17(3)13-6-7-16-9-13/h4-5,8,13,16H,6-7,9-10H2,1-3H3. The Balaban J connectivity index is 1.89. The molecule has 0 spiro atoms. The van der Waals surface area contributed by atoms with Crippen LogP contribution < -0.4 is 10.1 Å². The summed E-state index contributed by atoms with van der Waals surface area (Å²) in [5.74, 6) is 0.825. The first-order valence-electron chi connectivity index (χ1n) is 6.74. The number of amides is 1. The lowest BCUT2D eigenvalue weighted by Gasteiger charge is -2.23. The van der Waals surface area contributed by atoms with Gasteiger partial charge < -0.3 is 15.0 Å². The molecule has 1 aliphatic heterocycles. The van der Waals surface area contributed by atoms with Crippen molar-refractivity contribution in [2.75, 3.05) is 26.7 Å². The van der Waals surface area contributed by atoms with Crippen LogP contribution in [-0.2, 0) is 4.79 Å². The first-order valence-corrected chi connectivity index (χ1v) is 6.74. The summed E-state index contributed by atoms with van der Waals surface area (Å²) in [6.45, 7) is 6.02. The van der Waals surface area contributed by atoms with Gasteiger partial charge in [-0.15, -0.1) is 0 Å². The molecule has 19 heavy (non-hydrogen) atoms. The molecule has 0 aliphatic carbocycles. The van der Waals surface area contributed by atoms with Crippen molar-refractivity contribution in [3.8, 4) is 5.75 Å². The molecule has 1 heterocycles. The molecule has 2 rings (SSSR count). The third kappa shape index (κ3) is 3.47. The normalized spacial score (nSPS) is 18.4. The fraction of sp³-hybridized carbons (Fsp3) is 0.533. The quantitative estimate of drug-likeness (QED) is 0.894. The minimum absolute atomic E-state index is 0.0358. The highest BCUT2D eigenvalue weighted by Crippen LogP contribution is 2.18. The van der Waals surface area contributed by atoms with Crippen molar-refractivity contribution < 1.29 is 9.53 Å². The molecule has 0 radical (unpaired) electrons. The zero-order valence-corrected chi connectivity index (χ0v) is 11.9. The van der Waals surface area contributed by atoms with E-state index in [4.69, 9.17) is 4.74 Å². The third-order valence-electron chi connectivity index (χ3n) is 3.66. The molecule has 0 bridgehead atoms. The highest BCUT2D eigenvalue weighted by molar-refractivity contribution is 5.78. The van der Waals surface area contributed by atoms with Crippen LogP contribution in [0.25, 0.3) is 0 Å². The second-order valence-electron chi connectivity index (χ2n) is 5.21. The zero-order valence-electron chi connectivity index (χ0n) is 11.9. The van der Waals surface area contributed by atoms with Crippen LogP contribution >= 0.6 is 0 Å². The first kappa shape index (κ1) is 13.9. The number of aryl methyl sites for hydroxylation is 2. The smallest absolute Gasteiger partial charge is 0.260 e. The Morgan fingerprint density at radius 3 is 2.89 bits per heavy atom. The van der Waals surface area contributed by atoms with Crippen LogP contribution in [0.2, 0.25) is 0 Å². The van der Waals surface area contributed by atoms with Crippen LogP contribution in [0.15, 0.2) is 18.2 Å². The van der Waals surface area contributed by atoms with Crippen LogP contribution in [0.4, 0.5) is 0 Å². The summed E-state index contributed by atoms with van der Waals surface area (Å²) in [5, 5.41) is 3.26. The molecule has 1 unspecified atom stereocenters. The predicted molar refractivity (Wildman–Crippen MR) is 75.5 cm³/mol. The van der Waals surface area contributed by atoms with Gasteiger partial charge in [-0.3, -0.25) is 4.79 Å². The highest BCUT2D eigenvalue weighted by Gasteiger charge is 2.23. The number of nitrogens with zero attached hydrogens (tertiary/aromatic N) is 1. The Kier molecular flexibility index (Phi) is 4.43. The lowest BCUT2D eigenvalue weighted by Crippen LogP contribution is -2.40. The largest absolute Gasteiger partial charge is 0.484 e. The van der Waals surface area contributed by atoms with Crippen LogP contribution in [0.1, 0.15) is 17.5 Å². The van der Waals surface area contributed by atoms with Gasteiger partial charge >= 0.3 is 0 Å². The summed E-state index contributed by atoms with van der Waals surface area (Å²) in [4.78, 5) is 13.8. The monoisotopic (exact) mass is 262 g/mol. The second-order valence-corrected chi connectivity index (χ2v) is 5.21. The van der Waals surface area contributed by atoms with Crippen LogP contribution in [0, 0.1) is 13.8 Å². The second kappa shape index (κ2) is 6.06. The summed E-state index contributed by atoms with van der Waals surface area (Å²) in [7, 11) is 1.85. The number of hydrogen-bond acceptors (Lipinski definition) is 3. The Morgan fingerprint density at radius 2 is 2.26 bits per heavy atom. The van der Waals surface area contributed by atoms with Crippen LogP contribution in [0.3, 0.4) is 0 Å². The van der Waals surface area contributed by atoms with Gasteiger partial charge in [0.1, 0.15) is 5.75 Å². The van der Waals surface area contributed by atoms with Crippen molar-refractivity contribution in [2.45, 2.75) is 26.3 Å². The molecule has 1 amide bonds. The fourth-order valence-corrected chi connectivity index (χ4v) is 2.38. The minimum atomic E-state index is 0.0358. The van der Waals surface area contributed by atoms with Gasteiger partial charge in [0.2, 0.25) is 0 Å². The van der Waals surface area contributed by atoms with Gasteiger partial charge in [-0.1, -0.05) is 17.7 Å². The Labute approximate surface area is 114 Å². The van der Waals surface area contributed by atoms with E-state index >= 15 is 0 Å².